The fourth-order valence-electron chi connectivity index (χ4n) is 2.71. The first-order valence-electron chi connectivity index (χ1n) is 9.30. The summed E-state index contributed by atoms with van der Waals surface area (Å²) in [6, 6.07) is 12.0. The van der Waals surface area contributed by atoms with Crippen LogP contribution in [0.2, 0.25) is 0 Å². The largest absolute Gasteiger partial charge is 0.497 e. The van der Waals surface area contributed by atoms with Crippen LogP contribution in [-0.2, 0) is 13.1 Å². The number of pyridine rings is 1. The summed E-state index contributed by atoms with van der Waals surface area (Å²) in [5.74, 6) is 3.39. The molecule has 0 aliphatic heterocycles. The van der Waals surface area contributed by atoms with Crippen molar-refractivity contribution in [2.24, 2.45) is 4.99 Å². The van der Waals surface area contributed by atoms with Gasteiger partial charge in [-0.05, 0) is 43.2 Å². The van der Waals surface area contributed by atoms with E-state index in [2.05, 4.69) is 25.6 Å². The summed E-state index contributed by atoms with van der Waals surface area (Å²) < 4.78 is 7.14. The number of imidazole rings is 1. The van der Waals surface area contributed by atoms with Gasteiger partial charge in [-0.3, -0.25) is 4.57 Å². The van der Waals surface area contributed by atoms with Crippen molar-refractivity contribution in [3.63, 3.8) is 0 Å². The zero-order valence-electron chi connectivity index (χ0n) is 16.9. The summed E-state index contributed by atoms with van der Waals surface area (Å²) in [6.45, 7) is 6.04. The van der Waals surface area contributed by atoms with Crippen LogP contribution < -0.4 is 15.4 Å². The Labute approximate surface area is 188 Å². The maximum atomic E-state index is 5.19. The molecule has 0 saturated heterocycles. The number of benzene rings is 1. The molecule has 7 nitrogen and oxygen atoms in total. The molecular formula is C21H27IN6O. The molecule has 0 aliphatic carbocycles. The van der Waals surface area contributed by atoms with E-state index in [1.807, 2.05) is 67.2 Å². The molecule has 0 amide bonds. The average Bonchev–Trinajstić information content (AvgIpc) is 3.16. The van der Waals surface area contributed by atoms with E-state index in [0.29, 0.717) is 13.1 Å². The molecule has 0 atom stereocenters. The van der Waals surface area contributed by atoms with Crippen molar-refractivity contribution in [3.8, 4) is 11.6 Å². The Morgan fingerprint density at radius 1 is 1.07 bits per heavy atom. The van der Waals surface area contributed by atoms with Crippen molar-refractivity contribution in [1.29, 1.82) is 0 Å². The van der Waals surface area contributed by atoms with Gasteiger partial charge < -0.3 is 15.4 Å². The number of ether oxygens (including phenoxy) is 1. The van der Waals surface area contributed by atoms with E-state index in [9.17, 15) is 0 Å². The molecule has 2 aromatic heterocycles. The van der Waals surface area contributed by atoms with E-state index < -0.39 is 0 Å². The summed E-state index contributed by atoms with van der Waals surface area (Å²) in [4.78, 5) is 13.4. The number of nitrogens with one attached hydrogen (secondary N) is 2. The summed E-state index contributed by atoms with van der Waals surface area (Å²) in [5.41, 5.74) is 2.20. The number of rotatable bonds is 7. The molecular weight excluding hydrogens is 479 g/mol. The summed E-state index contributed by atoms with van der Waals surface area (Å²) in [6.07, 6.45) is 5.53. The first-order valence-corrected chi connectivity index (χ1v) is 9.30. The standard InChI is InChI=1S/C21H26N6O.HI/c1-4-22-21(25-13-17-5-8-19(28-3)9-6-17)26-15-18-7-10-20(24-14-18)27-12-11-23-16(27)2;/h5-12,14H,4,13,15H2,1-3H3,(H2,22,25,26);1H. The summed E-state index contributed by atoms with van der Waals surface area (Å²) in [7, 11) is 1.67. The molecule has 0 aliphatic rings. The normalized spacial score (nSPS) is 10.9. The topological polar surface area (TPSA) is 76.4 Å². The van der Waals surface area contributed by atoms with Crippen molar-refractivity contribution in [2.45, 2.75) is 26.9 Å². The van der Waals surface area contributed by atoms with Gasteiger partial charge in [0.2, 0.25) is 0 Å². The van der Waals surface area contributed by atoms with Crippen molar-refractivity contribution < 1.29 is 4.74 Å². The third-order valence-corrected chi connectivity index (χ3v) is 4.26. The van der Waals surface area contributed by atoms with Crippen molar-refractivity contribution in [1.82, 2.24) is 25.2 Å². The number of halogens is 1. The second-order valence-electron chi connectivity index (χ2n) is 6.27. The second kappa shape index (κ2) is 11.4. The first kappa shape index (κ1) is 22.7. The number of methoxy groups -OCH3 is 1. The predicted molar refractivity (Wildman–Crippen MR) is 126 cm³/mol. The minimum Gasteiger partial charge on any atom is -0.497 e. The fraction of sp³-hybridized carbons (Fsp3) is 0.286. The lowest BCUT2D eigenvalue weighted by molar-refractivity contribution is 0.414. The molecule has 0 bridgehead atoms. The van der Waals surface area contributed by atoms with E-state index in [1.165, 1.54) is 0 Å². The average molecular weight is 506 g/mol. The van der Waals surface area contributed by atoms with Crippen molar-refractivity contribution in [3.05, 3.63) is 71.9 Å². The maximum absolute atomic E-state index is 5.19. The molecule has 0 saturated carbocycles. The smallest absolute Gasteiger partial charge is 0.191 e. The van der Waals surface area contributed by atoms with Crippen LogP contribution in [0.3, 0.4) is 0 Å². The quantitative estimate of drug-likeness (QED) is 0.292. The number of aromatic nitrogens is 3. The van der Waals surface area contributed by atoms with Crippen LogP contribution in [-0.4, -0.2) is 34.1 Å². The molecule has 0 radical (unpaired) electrons. The molecule has 3 aromatic rings. The number of aryl methyl sites for hydroxylation is 1. The lowest BCUT2D eigenvalue weighted by Crippen LogP contribution is -2.36. The Bertz CT molecular complexity index is 906. The summed E-state index contributed by atoms with van der Waals surface area (Å²) >= 11 is 0. The van der Waals surface area contributed by atoms with Crippen LogP contribution in [0, 0.1) is 6.92 Å². The van der Waals surface area contributed by atoms with Gasteiger partial charge in [-0.15, -0.1) is 24.0 Å². The maximum Gasteiger partial charge on any atom is 0.191 e. The molecule has 29 heavy (non-hydrogen) atoms. The molecule has 1 aromatic carbocycles. The predicted octanol–water partition coefficient (Wildman–Crippen LogP) is 3.46. The van der Waals surface area contributed by atoms with Gasteiger partial charge in [0.25, 0.3) is 0 Å². The van der Waals surface area contributed by atoms with E-state index in [4.69, 9.17) is 4.74 Å². The van der Waals surface area contributed by atoms with Gasteiger partial charge in [0.05, 0.1) is 13.7 Å². The molecule has 2 N–H and O–H groups in total. The minimum absolute atomic E-state index is 0. The SMILES string of the molecule is CCNC(=NCc1ccc(-n2ccnc2C)nc1)NCc1ccc(OC)cc1.I. The molecule has 0 spiro atoms. The van der Waals surface area contributed by atoms with E-state index in [-0.39, 0.29) is 24.0 Å². The van der Waals surface area contributed by atoms with Gasteiger partial charge in [0.15, 0.2) is 5.96 Å². The summed E-state index contributed by atoms with van der Waals surface area (Å²) in [5, 5.41) is 6.62. The van der Waals surface area contributed by atoms with Crippen LogP contribution in [0.25, 0.3) is 5.82 Å². The zero-order valence-corrected chi connectivity index (χ0v) is 19.3. The highest BCUT2D eigenvalue weighted by Gasteiger charge is 2.03. The Hall–Kier alpha value is -2.62. The van der Waals surface area contributed by atoms with Gasteiger partial charge in [-0.25, -0.2) is 15.0 Å². The van der Waals surface area contributed by atoms with Crippen LogP contribution in [0.1, 0.15) is 23.9 Å². The monoisotopic (exact) mass is 506 g/mol. The lowest BCUT2D eigenvalue weighted by Gasteiger charge is -2.12. The number of nitrogens with zero attached hydrogens (tertiary/aromatic N) is 4. The lowest BCUT2D eigenvalue weighted by atomic mass is 10.2. The van der Waals surface area contributed by atoms with Crippen molar-refractivity contribution >= 4 is 29.9 Å². The van der Waals surface area contributed by atoms with E-state index in [0.717, 1.165) is 41.0 Å². The van der Waals surface area contributed by atoms with Gasteiger partial charge in [0.1, 0.15) is 17.4 Å². The van der Waals surface area contributed by atoms with E-state index in [1.54, 1.807) is 13.3 Å². The Morgan fingerprint density at radius 2 is 1.83 bits per heavy atom. The number of hydrogen-bond donors (Lipinski definition) is 2. The molecule has 154 valence electrons. The highest BCUT2D eigenvalue weighted by Crippen LogP contribution is 2.11. The highest BCUT2D eigenvalue weighted by atomic mass is 127. The number of hydrogen-bond acceptors (Lipinski definition) is 4. The molecule has 2 heterocycles. The van der Waals surface area contributed by atoms with Gasteiger partial charge in [-0.1, -0.05) is 18.2 Å². The fourth-order valence-corrected chi connectivity index (χ4v) is 2.71. The van der Waals surface area contributed by atoms with Crippen LogP contribution in [0.15, 0.2) is 60.0 Å². The second-order valence-corrected chi connectivity index (χ2v) is 6.27. The van der Waals surface area contributed by atoms with Crippen LogP contribution in [0.5, 0.6) is 5.75 Å². The minimum atomic E-state index is 0. The molecule has 3 rings (SSSR count). The molecule has 8 heteroatoms. The third kappa shape index (κ3) is 6.45. The number of aliphatic imine (C=N–C) groups is 1. The number of guanidine groups is 1. The Kier molecular flexibility index (Phi) is 8.91. The van der Waals surface area contributed by atoms with Gasteiger partial charge >= 0.3 is 0 Å². The third-order valence-electron chi connectivity index (χ3n) is 4.26. The van der Waals surface area contributed by atoms with Crippen molar-refractivity contribution in [2.75, 3.05) is 13.7 Å². The van der Waals surface area contributed by atoms with E-state index >= 15 is 0 Å². The van der Waals surface area contributed by atoms with Gasteiger partial charge in [-0.2, -0.15) is 0 Å². The Morgan fingerprint density at radius 3 is 2.41 bits per heavy atom. The first-order chi connectivity index (χ1) is 13.7. The van der Waals surface area contributed by atoms with Crippen LogP contribution >= 0.6 is 24.0 Å². The molecule has 0 fully saturated rings. The Balaban J connectivity index is 0.00000300. The highest BCUT2D eigenvalue weighted by molar-refractivity contribution is 14.0. The van der Waals surface area contributed by atoms with Crippen LogP contribution in [0.4, 0.5) is 0 Å². The van der Waals surface area contributed by atoms with Gasteiger partial charge in [0, 0.05) is 31.7 Å². The molecule has 0 unspecified atom stereocenters. The zero-order chi connectivity index (χ0) is 19.8.